The van der Waals surface area contributed by atoms with Crippen LogP contribution in [-0.4, -0.2) is 31.4 Å². The Labute approximate surface area is 182 Å². The summed E-state index contributed by atoms with van der Waals surface area (Å²) in [6, 6.07) is 1.61. The molecule has 0 bridgehead atoms. The van der Waals surface area contributed by atoms with Gasteiger partial charge in [0.1, 0.15) is 11.3 Å². The number of aliphatic hydroxyl groups is 1. The molecule has 0 amide bonds. The number of nitrogens with zero attached hydrogens (tertiary/aromatic N) is 1. The average Bonchev–Trinajstić information content (AvgIpc) is 2.71. The third-order valence-electron chi connectivity index (χ3n) is 4.62. The van der Waals surface area contributed by atoms with Crippen LogP contribution in [0, 0.1) is 0 Å². The van der Waals surface area contributed by atoms with Crippen molar-refractivity contribution in [1.82, 2.24) is 4.98 Å². The molecule has 166 valence electrons. The van der Waals surface area contributed by atoms with Crippen LogP contribution in [0.25, 0.3) is 0 Å². The average molecular weight is 468 g/mol. The second-order valence-corrected chi connectivity index (χ2v) is 7.15. The van der Waals surface area contributed by atoms with E-state index in [0.29, 0.717) is 23.9 Å². The summed E-state index contributed by atoms with van der Waals surface area (Å²) in [7, 11) is 4.11. The Morgan fingerprint density at radius 1 is 1.07 bits per heavy atom. The van der Waals surface area contributed by atoms with E-state index in [4.69, 9.17) is 37.4 Å². The van der Waals surface area contributed by atoms with Crippen molar-refractivity contribution in [3.8, 4) is 17.2 Å². The third kappa shape index (κ3) is 4.71. The highest BCUT2D eigenvalue weighted by molar-refractivity contribution is 6.41. The number of unbranched alkanes of at least 4 members (excludes halogenated alkanes) is 1. The number of rotatable bonds is 8. The number of alkyl halides is 3. The minimum atomic E-state index is -4.81. The van der Waals surface area contributed by atoms with Crippen molar-refractivity contribution in [3.63, 3.8) is 0 Å². The highest BCUT2D eigenvalue weighted by Crippen LogP contribution is 2.49. The summed E-state index contributed by atoms with van der Waals surface area (Å²) >= 11 is 12.0. The van der Waals surface area contributed by atoms with Gasteiger partial charge in [-0.05, 0) is 24.5 Å². The summed E-state index contributed by atoms with van der Waals surface area (Å²) in [5.74, 6) is 0.512. The molecule has 1 unspecified atom stereocenters. The molecular formula is C20H22Cl2F3NO4. The van der Waals surface area contributed by atoms with Crippen molar-refractivity contribution >= 4 is 23.2 Å². The second-order valence-electron chi connectivity index (χ2n) is 6.41. The van der Waals surface area contributed by atoms with Crippen LogP contribution in [-0.2, 0) is 12.6 Å². The van der Waals surface area contributed by atoms with Gasteiger partial charge in [-0.25, -0.2) is 4.98 Å². The van der Waals surface area contributed by atoms with Crippen molar-refractivity contribution < 1.29 is 32.5 Å². The Kier molecular flexibility index (Phi) is 8.07. The fourth-order valence-electron chi connectivity index (χ4n) is 3.22. The van der Waals surface area contributed by atoms with E-state index < -0.39 is 28.4 Å². The van der Waals surface area contributed by atoms with Crippen molar-refractivity contribution in [2.24, 2.45) is 0 Å². The number of aliphatic hydroxyl groups excluding tert-OH is 1. The lowest BCUT2D eigenvalue weighted by atomic mass is 9.90. The summed E-state index contributed by atoms with van der Waals surface area (Å²) in [4.78, 5) is 3.48. The van der Waals surface area contributed by atoms with E-state index >= 15 is 0 Å². The molecule has 0 fully saturated rings. The molecule has 1 aromatic heterocycles. The molecule has 2 aromatic rings. The lowest BCUT2D eigenvalue weighted by molar-refractivity contribution is -0.139. The van der Waals surface area contributed by atoms with E-state index in [1.807, 2.05) is 6.92 Å². The van der Waals surface area contributed by atoms with E-state index in [2.05, 4.69) is 4.98 Å². The molecule has 0 aliphatic rings. The molecule has 0 radical (unpaired) electrons. The van der Waals surface area contributed by atoms with Crippen molar-refractivity contribution in [2.75, 3.05) is 21.3 Å². The van der Waals surface area contributed by atoms with Gasteiger partial charge in [0.25, 0.3) is 0 Å². The number of hydrogen-bond acceptors (Lipinski definition) is 5. The fraction of sp³-hybridized carbons (Fsp3) is 0.450. The summed E-state index contributed by atoms with van der Waals surface area (Å²) < 4.78 is 57.1. The van der Waals surface area contributed by atoms with Crippen molar-refractivity contribution in [2.45, 2.75) is 38.5 Å². The second kappa shape index (κ2) is 9.94. The maximum absolute atomic E-state index is 13.7. The molecule has 0 saturated heterocycles. The number of aryl methyl sites for hydroxylation is 1. The first kappa shape index (κ1) is 24.4. The quantitative estimate of drug-likeness (QED) is 0.492. The van der Waals surface area contributed by atoms with Gasteiger partial charge >= 0.3 is 6.18 Å². The van der Waals surface area contributed by atoms with Crippen LogP contribution in [0.5, 0.6) is 17.2 Å². The molecule has 10 heteroatoms. The largest absolute Gasteiger partial charge is 0.493 e. The molecule has 5 nitrogen and oxygen atoms in total. The van der Waals surface area contributed by atoms with E-state index in [9.17, 15) is 18.3 Å². The van der Waals surface area contributed by atoms with Crippen LogP contribution in [0.3, 0.4) is 0 Å². The number of hydrogen-bond donors (Lipinski definition) is 1. The number of benzene rings is 1. The zero-order chi connectivity index (χ0) is 22.6. The van der Waals surface area contributed by atoms with Crippen molar-refractivity contribution in [3.05, 3.63) is 44.7 Å². The highest BCUT2D eigenvalue weighted by Gasteiger charge is 2.39. The molecule has 0 saturated carbocycles. The van der Waals surface area contributed by atoms with Crippen LogP contribution in [0.2, 0.25) is 10.2 Å². The van der Waals surface area contributed by atoms with Crippen LogP contribution < -0.4 is 14.2 Å². The standard InChI is InChI=1S/C20H22Cl2F3NO4/c1-5-6-7-10-8-12(28-2)17(29-3)18(30-4)13(10)16(27)14-11(20(23,24)25)9-26-19(22)15(14)21/h8-9,16,27H,5-7H2,1-4H3. The van der Waals surface area contributed by atoms with E-state index in [-0.39, 0.29) is 22.2 Å². The summed E-state index contributed by atoms with van der Waals surface area (Å²) in [5.41, 5.74) is -1.16. The molecular weight excluding hydrogens is 446 g/mol. The first-order valence-corrected chi connectivity index (χ1v) is 9.78. The normalized spacial score (nSPS) is 12.6. The molecule has 30 heavy (non-hydrogen) atoms. The first-order valence-electron chi connectivity index (χ1n) is 9.03. The van der Waals surface area contributed by atoms with Crippen LogP contribution >= 0.6 is 23.2 Å². The van der Waals surface area contributed by atoms with Gasteiger partial charge in [-0.15, -0.1) is 0 Å². The van der Waals surface area contributed by atoms with E-state index in [1.54, 1.807) is 6.07 Å². The maximum atomic E-state index is 13.7. The Morgan fingerprint density at radius 2 is 1.70 bits per heavy atom. The zero-order valence-corrected chi connectivity index (χ0v) is 18.4. The van der Waals surface area contributed by atoms with Crippen LogP contribution in [0.15, 0.2) is 12.3 Å². The number of methoxy groups -OCH3 is 3. The van der Waals surface area contributed by atoms with Gasteiger partial charge in [-0.1, -0.05) is 36.5 Å². The topological polar surface area (TPSA) is 60.8 Å². The predicted molar refractivity (Wildman–Crippen MR) is 108 cm³/mol. The van der Waals surface area contributed by atoms with Crippen LogP contribution in [0.4, 0.5) is 13.2 Å². The molecule has 0 aliphatic heterocycles. The Bertz CT molecular complexity index is 907. The first-order chi connectivity index (χ1) is 14.1. The van der Waals surface area contributed by atoms with Gasteiger partial charge in [-0.2, -0.15) is 13.2 Å². The molecule has 1 atom stereocenters. The van der Waals surface area contributed by atoms with E-state index in [1.165, 1.54) is 21.3 Å². The number of aromatic nitrogens is 1. The Hall–Kier alpha value is -1.90. The summed E-state index contributed by atoms with van der Waals surface area (Å²) in [6.45, 7) is 1.97. The number of halogens is 5. The smallest absolute Gasteiger partial charge is 0.418 e. The van der Waals surface area contributed by atoms with E-state index in [0.717, 1.165) is 12.8 Å². The third-order valence-corrected chi connectivity index (χ3v) is 5.39. The predicted octanol–water partition coefficient (Wildman–Crippen LogP) is 5.86. The zero-order valence-electron chi connectivity index (χ0n) is 16.9. The molecule has 1 N–H and O–H groups in total. The SMILES string of the molecule is CCCCc1cc(OC)c(OC)c(OC)c1C(O)c1c(C(F)(F)F)cnc(Cl)c1Cl. The molecule has 1 heterocycles. The lowest BCUT2D eigenvalue weighted by Gasteiger charge is -2.25. The molecule has 2 rings (SSSR count). The monoisotopic (exact) mass is 467 g/mol. The minimum absolute atomic E-state index is 0.0487. The van der Waals surface area contributed by atoms with Gasteiger partial charge in [0.15, 0.2) is 11.5 Å². The fourth-order valence-corrected chi connectivity index (χ4v) is 3.62. The molecule has 0 spiro atoms. The number of pyridine rings is 1. The Morgan fingerprint density at radius 3 is 2.20 bits per heavy atom. The van der Waals surface area contributed by atoms with Gasteiger partial charge in [0.05, 0.1) is 31.9 Å². The number of ether oxygens (including phenoxy) is 3. The van der Waals surface area contributed by atoms with Gasteiger partial charge in [0.2, 0.25) is 5.75 Å². The Balaban J connectivity index is 2.88. The summed E-state index contributed by atoms with van der Waals surface area (Å²) in [5, 5.41) is 10.3. The molecule has 1 aromatic carbocycles. The van der Waals surface area contributed by atoms with Gasteiger partial charge < -0.3 is 19.3 Å². The van der Waals surface area contributed by atoms with Crippen LogP contribution in [0.1, 0.15) is 48.1 Å². The molecule has 0 aliphatic carbocycles. The minimum Gasteiger partial charge on any atom is -0.493 e. The maximum Gasteiger partial charge on any atom is 0.418 e. The summed E-state index contributed by atoms with van der Waals surface area (Å²) in [6.07, 6.45) is -4.08. The van der Waals surface area contributed by atoms with Gasteiger partial charge in [-0.3, -0.25) is 0 Å². The highest BCUT2D eigenvalue weighted by atomic mass is 35.5. The lowest BCUT2D eigenvalue weighted by Crippen LogP contribution is -2.16. The van der Waals surface area contributed by atoms with Gasteiger partial charge in [0, 0.05) is 17.3 Å². The van der Waals surface area contributed by atoms with Crippen molar-refractivity contribution in [1.29, 1.82) is 0 Å².